The Balaban J connectivity index is 1.57. The first-order chi connectivity index (χ1) is 13.7. The second-order valence-corrected chi connectivity index (χ2v) is 6.10. The monoisotopic (exact) mass is 372 g/mol. The number of anilines is 2. The number of ether oxygens (including phenoxy) is 1. The molecule has 0 fully saturated rings. The van der Waals surface area contributed by atoms with E-state index in [9.17, 15) is 4.79 Å². The van der Waals surface area contributed by atoms with Crippen molar-refractivity contribution in [1.82, 2.24) is 10.3 Å². The standard InChI is InChI=1S/C22H20N4O2/c1-28-20-4-2-3-16(13-20)9-11-25-22(27)18-10-12-24-21(14-18)26-19-7-5-17(15-23)6-8-19/h2-8,10,12-14H,9,11H2,1H3,(H,24,26)(H,25,27). The maximum absolute atomic E-state index is 12.4. The summed E-state index contributed by atoms with van der Waals surface area (Å²) in [5.41, 5.74) is 3.00. The Hall–Kier alpha value is -3.85. The molecule has 0 unspecified atom stereocenters. The molecular weight excluding hydrogens is 352 g/mol. The van der Waals surface area contributed by atoms with E-state index in [1.165, 1.54) is 0 Å². The predicted octanol–water partition coefficient (Wildman–Crippen LogP) is 3.68. The van der Waals surface area contributed by atoms with Crippen molar-refractivity contribution in [2.75, 3.05) is 19.0 Å². The van der Waals surface area contributed by atoms with E-state index in [0.29, 0.717) is 29.9 Å². The molecule has 0 radical (unpaired) electrons. The summed E-state index contributed by atoms with van der Waals surface area (Å²) in [6.45, 7) is 0.521. The normalized spacial score (nSPS) is 10.0. The molecule has 0 aliphatic carbocycles. The molecule has 3 aromatic rings. The number of benzene rings is 2. The van der Waals surface area contributed by atoms with E-state index < -0.39 is 0 Å². The number of rotatable bonds is 7. The van der Waals surface area contributed by atoms with Crippen molar-refractivity contribution >= 4 is 17.4 Å². The van der Waals surface area contributed by atoms with Crippen molar-refractivity contribution in [2.24, 2.45) is 0 Å². The van der Waals surface area contributed by atoms with E-state index in [2.05, 4.69) is 21.7 Å². The lowest BCUT2D eigenvalue weighted by molar-refractivity contribution is 0.0954. The molecule has 1 amide bonds. The van der Waals surface area contributed by atoms with E-state index in [1.807, 2.05) is 24.3 Å². The maximum atomic E-state index is 12.4. The van der Waals surface area contributed by atoms with Gasteiger partial charge in [-0.1, -0.05) is 12.1 Å². The van der Waals surface area contributed by atoms with Crippen LogP contribution in [0.3, 0.4) is 0 Å². The van der Waals surface area contributed by atoms with Crippen molar-refractivity contribution in [2.45, 2.75) is 6.42 Å². The third kappa shape index (κ3) is 5.08. The molecular formula is C22H20N4O2. The molecule has 0 saturated heterocycles. The number of nitriles is 1. The van der Waals surface area contributed by atoms with Gasteiger partial charge in [0.1, 0.15) is 11.6 Å². The Labute approximate surface area is 163 Å². The third-order valence-corrected chi connectivity index (χ3v) is 4.14. The summed E-state index contributed by atoms with van der Waals surface area (Å²) in [6.07, 6.45) is 2.30. The topological polar surface area (TPSA) is 87.0 Å². The number of hydrogen-bond acceptors (Lipinski definition) is 5. The van der Waals surface area contributed by atoms with Gasteiger partial charge in [-0.25, -0.2) is 4.98 Å². The van der Waals surface area contributed by atoms with Crippen LogP contribution >= 0.6 is 0 Å². The largest absolute Gasteiger partial charge is 0.497 e. The van der Waals surface area contributed by atoms with Crippen LogP contribution in [0.1, 0.15) is 21.5 Å². The Morgan fingerprint density at radius 2 is 1.96 bits per heavy atom. The molecule has 0 bridgehead atoms. The maximum Gasteiger partial charge on any atom is 0.251 e. The second kappa shape index (κ2) is 9.19. The number of hydrogen-bond donors (Lipinski definition) is 2. The molecule has 0 atom stereocenters. The van der Waals surface area contributed by atoms with Crippen LogP contribution in [-0.2, 0) is 6.42 Å². The van der Waals surface area contributed by atoms with Crippen molar-refractivity contribution in [1.29, 1.82) is 5.26 Å². The minimum absolute atomic E-state index is 0.159. The number of methoxy groups -OCH3 is 1. The summed E-state index contributed by atoms with van der Waals surface area (Å²) >= 11 is 0. The molecule has 1 heterocycles. The molecule has 6 nitrogen and oxygen atoms in total. The SMILES string of the molecule is COc1cccc(CCNC(=O)c2ccnc(Nc3ccc(C#N)cc3)c2)c1. The number of amides is 1. The molecule has 0 aliphatic heterocycles. The first-order valence-electron chi connectivity index (χ1n) is 8.82. The molecule has 28 heavy (non-hydrogen) atoms. The molecule has 0 aliphatic rings. The minimum atomic E-state index is -0.159. The molecule has 0 saturated carbocycles. The van der Waals surface area contributed by atoms with Crippen LogP contribution in [0.5, 0.6) is 5.75 Å². The summed E-state index contributed by atoms with van der Waals surface area (Å²) in [5.74, 6) is 1.20. The average molecular weight is 372 g/mol. The van der Waals surface area contributed by atoms with Gasteiger partial charge in [0.25, 0.3) is 5.91 Å². The van der Waals surface area contributed by atoms with Crippen LogP contribution in [0, 0.1) is 11.3 Å². The van der Waals surface area contributed by atoms with Gasteiger partial charge in [0.2, 0.25) is 0 Å². The van der Waals surface area contributed by atoms with Gasteiger partial charge >= 0.3 is 0 Å². The molecule has 2 aromatic carbocycles. The van der Waals surface area contributed by atoms with Crippen LogP contribution < -0.4 is 15.4 Å². The van der Waals surface area contributed by atoms with E-state index in [4.69, 9.17) is 10.00 Å². The van der Waals surface area contributed by atoms with Crippen LogP contribution in [-0.4, -0.2) is 24.5 Å². The minimum Gasteiger partial charge on any atom is -0.497 e. The van der Waals surface area contributed by atoms with Gasteiger partial charge in [-0.3, -0.25) is 4.79 Å². The van der Waals surface area contributed by atoms with E-state index in [0.717, 1.165) is 17.0 Å². The summed E-state index contributed by atoms with van der Waals surface area (Å²) in [6, 6.07) is 20.2. The van der Waals surface area contributed by atoms with Crippen molar-refractivity contribution < 1.29 is 9.53 Å². The van der Waals surface area contributed by atoms with Gasteiger partial charge in [-0.15, -0.1) is 0 Å². The molecule has 2 N–H and O–H groups in total. The first-order valence-corrected chi connectivity index (χ1v) is 8.82. The molecule has 0 spiro atoms. The van der Waals surface area contributed by atoms with Crippen LogP contribution in [0.4, 0.5) is 11.5 Å². The highest BCUT2D eigenvalue weighted by Crippen LogP contribution is 2.16. The Bertz CT molecular complexity index is 994. The van der Waals surface area contributed by atoms with Gasteiger partial charge in [-0.2, -0.15) is 5.26 Å². The van der Waals surface area contributed by atoms with E-state index in [-0.39, 0.29) is 5.91 Å². The first kappa shape index (κ1) is 18.9. The lowest BCUT2D eigenvalue weighted by atomic mass is 10.1. The van der Waals surface area contributed by atoms with Gasteiger partial charge in [-0.05, 0) is 60.5 Å². The highest BCUT2D eigenvalue weighted by atomic mass is 16.5. The Kier molecular flexibility index (Phi) is 6.21. The van der Waals surface area contributed by atoms with Crippen molar-refractivity contribution in [3.8, 4) is 11.8 Å². The number of carbonyl (C=O) groups is 1. The lowest BCUT2D eigenvalue weighted by Crippen LogP contribution is -2.25. The summed E-state index contributed by atoms with van der Waals surface area (Å²) in [5, 5.41) is 14.9. The number of nitrogens with one attached hydrogen (secondary N) is 2. The average Bonchev–Trinajstić information content (AvgIpc) is 2.74. The highest BCUT2D eigenvalue weighted by molar-refractivity contribution is 5.94. The fourth-order valence-corrected chi connectivity index (χ4v) is 2.67. The number of nitrogens with zero attached hydrogens (tertiary/aromatic N) is 2. The second-order valence-electron chi connectivity index (χ2n) is 6.10. The zero-order valence-corrected chi connectivity index (χ0v) is 15.5. The zero-order valence-electron chi connectivity index (χ0n) is 15.5. The van der Waals surface area contributed by atoms with Crippen molar-refractivity contribution in [3.05, 3.63) is 83.6 Å². The molecule has 6 heteroatoms. The summed E-state index contributed by atoms with van der Waals surface area (Å²) in [4.78, 5) is 16.7. The Morgan fingerprint density at radius 1 is 1.14 bits per heavy atom. The molecule has 3 rings (SSSR count). The van der Waals surface area contributed by atoms with Gasteiger partial charge in [0, 0.05) is 24.0 Å². The van der Waals surface area contributed by atoms with Gasteiger partial charge in [0.15, 0.2) is 0 Å². The lowest BCUT2D eigenvalue weighted by Gasteiger charge is -2.09. The summed E-state index contributed by atoms with van der Waals surface area (Å²) < 4.78 is 5.21. The van der Waals surface area contributed by atoms with Crippen LogP contribution in [0.15, 0.2) is 66.9 Å². The molecule has 1 aromatic heterocycles. The quantitative estimate of drug-likeness (QED) is 0.661. The van der Waals surface area contributed by atoms with Gasteiger partial charge in [0.05, 0.1) is 18.7 Å². The number of carbonyl (C=O) groups excluding carboxylic acids is 1. The highest BCUT2D eigenvalue weighted by Gasteiger charge is 2.07. The van der Waals surface area contributed by atoms with E-state index >= 15 is 0 Å². The van der Waals surface area contributed by atoms with Crippen molar-refractivity contribution in [3.63, 3.8) is 0 Å². The van der Waals surface area contributed by atoms with Gasteiger partial charge < -0.3 is 15.4 Å². The van der Waals surface area contributed by atoms with E-state index in [1.54, 1.807) is 49.7 Å². The fraction of sp³-hybridized carbons (Fsp3) is 0.136. The number of aromatic nitrogens is 1. The Morgan fingerprint density at radius 3 is 2.71 bits per heavy atom. The van der Waals surface area contributed by atoms with Crippen LogP contribution in [0.2, 0.25) is 0 Å². The fourth-order valence-electron chi connectivity index (χ4n) is 2.67. The smallest absolute Gasteiger partial charge is 0.251 e. The summed E-state index contributed by atoms with van der Waals surface area (Å²) in [7, 11) is 1.63. The third-order valence-electron chi connectivity index (χ3n) is 4.14. The predicted molar refractivity (Wildman–Crippen MR) is 108 cm³/mol. The van der Waals surface area contributed by atoms with Crippen LogP contribution in [0.25, 0.3) is 0 Å². The molecule has 140 valence electrons. The zero-order chi connectivity index (χ0) is 19.8. The number of pyridine rings is 1.